The van der Waals surface area contributed by atoms with Crippen LogP contribution in [0.5, 0.6) is 0 Å². The van der Waals surface area contributed by atoms with Crippen LogP contribution < -0.4 is 10.2 Å². The monoisotopic (exact) mass is 428 g/mol. The number of nitrogens with one attached hydrogen (secondary N) is 1. The van der Waals surface area contributed by atoms with Crippen LogP contribution in [0.2, 0.25) is 10.0 Å². The Kier molecular flexibility index (Phi) is 5.19. The first kappa shape index (κ1) is 19.7. The molecule has 0 bridgehead atoms. The lowest BCUT2D eigenvalue weighted by atomic mass is 9.82. The Balaban J connectivity index is 1.58. The molecule has 1 N–H and O–H groups in total. The van der Waals surface area contributed by atoms with E-state index in [-0.39, 0.29) is 23.7 Å². The molecule has 2 aromatic carbocycles. The molecule has 1 aliphatic heterocycles. The molecule has 2 aliphatic rings. The molecule has 3 amide bonds. The van der Waals surface area contributed by atoms with E-state index in [1.807, 2.05) is 13.0 Å². The van der Waals surface area contributed by atoms with E-state index in [1.54, 1.807) is 36.4 Å². The zero-order valence-corrected chi connectivity index (χ0v) is 17.1. The third-order valence-corrected chi connectivity index (χ3v) is 5.92. The van der Waals surface area contributed by atoms with Crippen LogP contribution in [0.4, 0.5) is 11.4 Å². The smallest absolute Gasteiger partial charge is 0.255 e. The van der Waals surface area contributed by atoms with Crippen molar-refractivity contribution in [3.63, 3.8) is 0 Å². The van der Waals surface area contributed by atoms with Gasteiger partial charge in [-0.2, -0.15) is 0 Å². The third kappa shape index (κ3) is 3.68. The number of anilines is 2. The Morgan fingerprint density at radius 2 is 1.83 bits per heavy atom. The highest BCUT2D eigenvalue weighted by Crippen LogP contribution is 2.39. The summed E-state index contributed by atoms with van der Waals surface area (Å²) in [6, 6.07) is 11.3. The molecule has 1 heterocycles. The lowest BCUT2D eigenvalue weighted by Gasteiger charge is -2.18. The number of hydrogen-bond donors (Lipinski definition) is 1. The summed E-state index contributed by atoms with van der Waals surface area (Å²) in [4.78, 5) is 39.6. The summed E-state index contributed by atoms with van der Waals surface area (Å²) >= 11 is 12.0. The van der Waals surface area contributed by atoms with E-state index in [0.29, 0.717) is 39.8 Å². The zero-order chi connectivity index (χ0) is 20.7. The highest BCUT2D eigenvalue weighted by atomic mass is 35.5. The number of carbonyl (C=O) groups excluding carboxylic acids is 3. The first-order valence-electron chi connectivity index (χ1n) is 9.25. The van der Waals surface area contributed by atoms with Gasteiger partial charge >= 0.3 is 0 Å². The first-order chi connectivity index (χ1) is 13.8. The molecule has 0 saturated carbocycles. The second-order valence-corrected chi connectivity index (χ2v) is 8.19. The Morgan fingerprint density at radius 1 is 1.07 bits per heavy atom. The number of amides is 3. The molecule has 2 atom stereocenters. The van der Waals surface area contributed by atoms with E-state index in [2.05, 4.69) is 5.32 Å². The summed E-state index contributed by atoms with van der Waals surface area (Å²) in [6.45, 7) is 1.98. The van der Waals surface area contributed by atoms with Gasteiger partial charge in [-0.3, -0.25) is 19.3 Å². The topological polar surface area (TPSA) is 66.5 Å². The van der Waals surface area contributed by atoms with Gasteiger partial charge in [0, 0.05) is 10.6 Å². The van der Waals surface area contributed by atoms with Crippen molar-refractivity contribution in [2.45, 2.75) is 19.8 Å². The second kappa shape index (κ2) is 7.65. The van der Waals surface area contributed by atoms with Gasteiger partial charge in [0.2, 0.25) is 11.8 Å². The average molecular weight is 429 g/mol. The fraction of sp³-hybridized carbons (Fsp3) is 0.227. The maximum atomic E-state index is 12.9. The van der Waals surface area contributed by atoms with E-state index < -0.39 is 5.91 Å². The van der Waals surface area contributed by atoms with Gasteiger partial charge in [-0.25, -0.2) is 0 Å². The summed E-state index contributed by atoms with van der Waals surface area (Å²) in [5, 5.41) is 3.51. The van der Waals surface area contributed by atoms with E-state index in [1.165, 1.54) is 11.0 Å². The molecule has 5 nitrogen and oxygen atoms in total. The number of fused-ring (bicyclic) bond motifs is 1. The van der Waals surface area contributed by atoms with Gasteiger partial charge in [-0.05, 0) is 56.2 Å². The molecule has 0 spiro atoms. The lowest BCUT2D eigenvalue weighted by molar-refractivity contribution is -0.122. The van der Waals surface area contributed by atoms with E-state index in [0.717, 1.165) is 5.57 Å². The Hall–Kier alpha value is -2.63. The van der Waals surface area contributed by atoms with Gasteiger partial charge in [-0.1, -0.05) is 40.9 Å². The number of rotatable bonds is 3. The summed E-state index contributed by atoms with van der Waals surface area (Å²) in [5.74, 6) is -1.45. The van der Waals surface area contributed by atoms with Crippen molar-refractivity contribution in [1.82, 2.24) is 0 Å². The van der Waals surface area contributed by atoms with Crippen LogP contribution in [0, 0.1) is 11.8 Å². The molecule has 148 valence electrons. The molecule has 4 rings (SSSR count). The SMILES string of the molecule is CC1=CC[C@H]2C(=O)N(c3cccc(C(=O)Nc4ccc(Cl)cc4Cl)c3)C(=O)[C@@H]2C1. The largest absolute Gasteiger partial charge is 0.321 e. The maximum absolute atomic E-state index is 12.9. The molecule has 1 saturated heterocycles. The van der Waals surface area contributed by atoms with E-state index in [4.69, 9.17) is 23.2 Å². The van der Waals surface area contributed by atoms with Crippen LogP contribution in [0.1, 0.15) is 30.1 Å². The second-order valence-electron chi connectivity index (χ2n) is 7.34. The van der Waals surface area contributed by atoms with Crippen molar-refractivity contribution in [3.8, 4) is 0 Å². The van der Waals surface area contributed by atoms with Gasteiger partial charge in [0.15, 0.2) is 0 Å². The van der Waals surface area contributed by atoms with Crippen molar-refractivity contribution in [3.05, 3.63) is 69.7 Å². The van der Waals surface area contributed by atoms with Crippen molar-refractivity contribution >= 4 is 52.3 Å². The molecule has 0 unspecified atom stereocenters. The lowest BCUT2D eigenvalue weighted by Crippen LogP contribution is -2.31. The fourth-order valence-electron chi connectivity index (χ4n) is 3.86. The Bertz CT molecular complexity index is 1060. The molecule has 0 radical (unpaired) electrons. The quantitative estimate of drug-likeness (QED) is 0.546. The summed E-state index contributed by atoms with van der Waals surface area (Å²) < 4.78 is 0. The number of halogens is 2. The van der Waals surface area contributed by atoms with Crippen LogP contribution >= 0.6 is 23.2 Å². The zero-order valence-electron chi connectivity index (χ0n) is 15.6. The van der Waals surface area contributed by atoms with Crippen LogP contribution in [-0.4, -0.2) is 17.7 Å². The van der Waals surface area contributed by atoms with Crippen LogP contribution in [0.25, 0.3) is 0 Å². The van der Waals surface area contributed by atoms with Gasteiger partial charge in [0.05, 0.1) is 28.2 Å². The maximum Gasteiger partial charge on any atom is 0.255 e. The van der Waals surface area contributed by atoms with Crippen LogP contribution in [0.15, 0.2) is 54.1 Å². The van der Waals surface area contributed by atoms with Crippen molar-refractivity contribution in [1.29, 1.82) is 0 Å². The number of hydrogen-bond acceptors (Lipinski definition) is 3. The minimum Gasteiger partial charge on any atom is -0.321 e. The predicted octanol–water partition coefficient (Wildman–Crippen LogP) is 5.09. The van der Waals surface area contributed by atoms with Crippen molar-refractivity contribution in [2.24, 2.45) is 11.8 Å². The molecule has 29 heavy (non-hydrogen) atoms. The van der Waals surface area contributed by atoms with E-state index >= 15 is 0 Å². The van der Waals surface area contributed by atoms with Gasteiger partial charge in [0.1, 0.15) is 0 Å². The van der Waals surface area contributed by atoms with Gasteiger partial charge < -0.3 is 5.32 Å². The molecule has 0 aromatic heterocycles. The summed E-state index contributed by atoms with van der Waals surface area (Å²) in [7, 11) is 0. The van der Waals surface area contributed by atoms with Gasteiger partial charge in [0.25, 0.3) is 5.91 Å². The molecular weight excluding hydrogens is 411 g/mol. The molecule has 2 aromatic rings. The van der Waals surface area contributed by atoms with Crippen molar-refractivity contribution in [2.75, 3.05) is 10.2 Å². The Labute approximate surface area is 178 Å². The third-order valence-electron chi connectivity index (χ3n) is 5.37. The molecule has 1 fully saturated rings. The van der Waals surface area contributed by atoms with Gasteiger partial charge in [-0.15, -0.1) is 0 Å². The molecule has 1 aliphatic carbocycles. The summed E-state index contributed by atoms with van der Waals surface area (Å²) in [5.41, 5.74) is 2.27. The average Bonchev–Trinajstić information content (AvgIpc) is 2.94. The van der Waals surface area contributed by atoms with E-state index in [9.17, 15) is 14.4 Å². The fourth-order valence-corrected chi connectivity index (χ4v) is 4.32. The normalized spacial score (nSPS) is 21.1. The number of nitrogens with zero attached hydrogens (tertiary/aromatic N) is 1. The highest BCUT2D eigenvalue weighted by molar-refractivity contribution is 6.36. The predicted molar refractivity (Wildman–Crippen MR) is 113 cm³/mol. The number of benzene rings is 2. The molecule has 7 heteroatoms. The van der Waals surface area contributed by atoms with Crippen molar-refractivity contribution < 1.29 is 14.4 Å². The standard InChI is InChI=1S/C22H18Cl2N2O3/c1-12-5-7-16-17(9-12)22(29)26(21(16)28)15-4-2-3-13(10-15)20(27)25-19-8-6-14(23)11-18(19)24/h2-6,8,10-11,16-17H,7,9H2,1H3,(H,25,27)/t16-,17-/m1/s1. The van der Waals surface area contributed by atoms with Crippen LogP contribution in [-0.2, 0) is 9.59 Å². The minimum absolute atomic E-state index is 0.203. The number of allylic oxidation sites excluding steroid dienone is 2. The number of imide groups is 1. The first-order valence-corrected chi connectivity index (χ1v) is 10.0. The van der Waals surface area contributed by atoms with Crippen LogP contribution in [0.3, 0.4) is 0 Å². The number of carbonyl (C=O) groups is 3. The highest BCUT2D eigenvalue weighted by Gasteiger charge is 2.48. The summed E-state index contributed by atoms with van der Waals surface area (Å²) in [6.07, 6.45) is 3.20. The Morgan fingerprint density at radius 3 is 2.59 bits per heavy atom. The molecular formula is C22H18Cl2N2O3. The minimum atomic E-state index is -0.398.